The first-order valence-electron chi connectivity index (χ1n) is 5.68. The van der Waals surface area contributed by atoms with E-state index in [-0.39, 0.29) is 0 Å². The Hall–Kier alpha value is -0.860. The second kappa shape index (κ2) is 4.33. The highest BCUT2D eigenvalue weighted by Crippen LogP contribution is 2.18. The molecule has 82 valence electrons. The SMILES string of the molecule is Cc1ccc(CC2C(N)CCN2C)cc1. The maximum Gasteiger partial charge on any atom is 0.0284 e. The number of rotatable bonds is 2. The average Bonchev–Trinajstić information content (AvgIpc) is 2.53. The summed E-state index contributed by atoms with van der Waals surface area (Å²) in [6.07, 6.45) is 2.21. The van der Waals surface area contributed by atoms with E-state index in [1.807, 2.05) is 0 Å². The van der Waals surface area contributed by atoms with Gasteiger partial charge in [0.15, 0.2) is 0 Å². The molecular formula is C13H20N2. The van der Waals surface area contributed by atoms with Crippen LogP contribution >= 0.6 is 0 Å². The lowest BCUT2D eigenvalue weighted by molar-refractivity contribution is 0.296. The number of benzene rings is 1. The van der Waals surface area contributed by atoms with Gasteiger partial charge in [0, 0.05) is 12.1 Å². The summed E-state index contributed by atoms with van der Waals surface area (Å²) >= 11 is 0. The van der Waals surface area contributed by atoms with Crippen molar-refractivity contribution in [2.45, 2.75) is 31.8 Å². The van der Waals surface area contributed by atoms with Crippen molar-refractivity contribution in [3.8, 4) is 0 Å². The van der Waals surface area contributed by atoms with Gasteiger partial charge in [-0.05, 0) is 38.9 Å². The van der Waals surface area contributed by atoms with Crippen LogP contribution in [0, 0.1) is 6.92 Å². The first kappa shape index (κ1) is 10.7. The average molecular weight is 204 g/mol. The number of hydrogen-bond acceptors (Lipinski definition) is 2. The Balaban J connectivity index is 2.04. The molecule has 0 saturated carbocycles. The zero-order valence-corrected chi connectivity index (χ0v) is 9.61. The van der Waals surface area contributed by atoms with E-state index in [4.69, 9.17) is 5.73 Å². The van der Waals surface area contributed by atoms with E-state index >= 15 is 0 Å². The smallest absolute Gasteiger partial charge is 0.0284 e. The van der Waals surface area contributed by atoms with E-state index in [1.165, 1.54) is 11.1 Å². The Morgan fingerprint density at radius 3 is 2.53 bits per heavy atom. The normalized spacial score (nSPS) is 27.1. The van der Waals surface area contributed by atoms with Crippen molar-refractivity contribution in [1.29, 1.82) is 0 Å². The Kier molecular flexibility index (Phi) is 3.08. The molecule has 1 saturated heterocycles. The summed E-state index contributed by atoms with van der Waals surface area (Å²) in [5, 5.41) is 0. The summed E-state index contributed by atoms with van der Waals surface area (Å²) in [4.78, 5) is 2.38. The molecule has 1 aromatic carbocycles. The van der Waals surface area contributed by atoms with Crippen LogP contribution in [0.15, 0.2) is 24.3 Å². The Bertz CT molecular complexity index is 308. The third-order valence-corrected chi connectivity index (χ3v) is 3.44. The predicted octanol–water partition coefficient (Wildman–Crippen LogP) is 1.57. The number of hydrogen-bond donors (Lipinski definition) is 1. The van der Waals surface area contributed by atoms with Gasteiger partial charge in [-0.1, -0.05) is 29.8 Å². The minimum Gasteiger partial charge on any atom is -0.326 e. The highest BCUT2D eigenvalue weighted by atomic mass is 15.2. The van der Waals surface area contributed by atoms with Gasteiger partial charge in [0.2, 0.25) is 0 Å². The predicted molar refractivity (Wildman–Crippen MR) is 63.9 cm³/mol. The summed E-state index contributed by atoms with van der Waals surface area (Å²) < 4.78 is 0. The topological polar surface area (TPSA) is 29.3 Å². The van der Waals surface area contributed by atoms with Gasteiger partial charge in [-0.25, -0.2) is 0 Å². The van der Waals surface area contributed by atoms with E-state index in [0.717, 1.165) is 19.4 Å². The van der Waals surface area contributed by atoms with Crippen molar-refractivity contribution < 1.29 is 0 Å². The lowest BCUT2D eigenvalue weighted by Crippen LogP contribution is -2.39. The van der Waals surface area contributed by atoms with Crippen LogP contribution in [0.5, 0.6) is 0 Å². The molecule has 2 N–H and O–H groups in total. The van der Waals surface area contributed by atoms with E-state index in [0.29, 0.717) is 12.1 Å². The van der Waals surface area contributed by atoms with Crippen LogP contribution in [0.4, 0.5) is 0 Å². The molecule has 1 heterocycles. The van der Waals surface area contributed by atoms with Crippen LogP contribution in [-0.2, 0) is 6.42 Å². The molecular weight excluding hydrogens is 184 g/mol. The molecule has 2 atom stereocenters. The number of nitrogens with two attached hydrogens (primary N) is 1. The molecule has 0 aromatic heterocycles. The number of nitrogens with zero attached hydrogens (tertiary/aromatic N) is 1. The number of likely N-dealkylation sites (N-methyl/N-ethyl adjacent to an activating group) is 1. The molecule has 0 amide bonds. The van der Waals surface area contributed by atoms with Crippen molar-refractivity contribution in [3.05, 3.63) is 35.4 Å². The Labute approximate surface area is 92.1 Å². The minimum atomic E-state index is 0.344. The molecule has 1 fully saturated rings. The fraction of sp³-hybridized carbons (Fsp3) is 0.538. The summed E-state index contributed by atoms with van der Waals surface area (Å²) in [5.74, 6) is 0. The van der Waals surface area contributed by atoms with Gasteiger partial charge in [-0.3, -0.25) is 0 Å². The number of aryl methyl sites for hydroxylation is 1. The van der Waals surface area contributed by atoms with Crippen molar-refractivity contribution in [2.24, 2.45) is 5.73 Å². The molecule has 0 bridgehead atoms. The molecule has 2 heteroatoms. The van der Waals surface area contributed by atoms with Crippen molar-refractivity contribution in [1.82, 2.24) is 4.90 Å². The lowest BCUT2D eigenvalue weighted by atomic mass is 10.0. The lowest BCUT2D eigenvalue weighted by Gasteiger charge is -2.22. The van der Waals surface area contributed by atoms with Gasteiger partial charge >= 0.3 is 0 Å². The molecule has 0 aliphatic carbocycles. The highest BCUT2D eigenvalue weighted by Gasteiger charge is 2.28. The van der Waals surface area contributed by atoms with Gasteiger partial charge in [-0.15, -0.1) is 0 Å². The van der Waals surface area contributed by atoms with Crippen LogP contribution in [0.3, 0.4) is 0 Å². The molecule has 2 nitrogen and oxygen atoms in total. The first-order chi connectivity index (χ1) is 7.16. The third-order valence-electron chi connectivity index (χ3n) is 3.44. The fourth-order valence-electron chi connectivity index (χ4n) is 2.31. The molecule has 2 unspecified atom stereocenters. The van der Waals surface area contributed by atoms with E-state index in [9.17, 15) is 0 Å². The van der Waals surface area contributed by atoms with E-state index in [2.05, 4.69) is 43.1 Å². The van der Waals surface area contributed by atoms with Crippen molar-refractivity contribution >= 4 is 0 Å². The second-order valence-corrected chi connectivity index (χ2v) is 4.69. The summed E-state index contributed by atoms with van der Waals surface area (Å²) in [6, 6.07) is 9.65. The summed E-state index contributed by atoms with van der Waals surface area (Å²) in [6.45, 7) is 3.26. The van der Waals surface area contributed by atoms with Crippen LogP contribution in [0.25, 0.3) is 0 Å². The second-order valence-electron chi connectivity index (χ2n) is 4.69. The van der Waals surface area contributed by atoms with Gasteiger partial charge in [-0.2, -0.15) is 0 Å². The van der Waals surface area contributed by atoms with Gasteiger partial charge in [0.1, 0.15) is 0 Å². The van der Waals surface area contributed by atoms with Crippen molar-refractivity contribution in [2.75, 3.05) is 13.6 Å². The van der Waals surface area contributed by atoms with Crippen LogP contribution in [-0.4, -0.2) is 30.6 Å². The highest BCUT2D eigenvalue weighted by molar-refractivity contribution is 5.22. The van der Waals surface area contributed by atoms with E-state index < -0.39 is 0 Å². The van der Waals surface area contributed by atoms with Crippen LogP contribution in [0.2, 0.25) is 0 Å². The molecule has 2 rings (SSSR count). The van der Waals surface area contributed by atoms with Crippen LogP contribution < -0.4 is 5.73 Å². The Morgan fingerprint density at radius 1 is 1.33 bits per heavy atom. The number of likely N-dealkylation sites (tertiary alicyclic amines) is 1. The zero-order valence-electron chi connectivity index (χ0n) is 9.61. The quantitative estimate of drug-likeness (QED) is 0.792. The first-order valence-corrected chi connectivity index (χ1v) is 5.68. The summed E-state index contributed by atoms with van der Waals surface area (Å²) in [5.41, 5.74) is 8.83. The monoisotopic (exact) mass is 204 g/mol. The molecule has 1 aromatic rings. The van der Waals surface area contributed by atoms with Gasteiger partial charge in [0.05, 0.1) is 0 Å². The molecule has 0 spiro atoms. The zero-order chi connectivity index (χ0) is 10.8. The largest absolute Gasteiger partial charge is 0.326 e. The summed E-state index contributed by atoms with van der Waals surface area (Å²) in [7, 11) is 2.17. The molecule has 15 heavy (non-hydrogen) atoms. The standard InChI is InChI=1S/C13H20N2/c1-10-3-5-11(6-4-10)9-13-12(14)7-8-15(13)2/h3-6,12-13H,7-9,14H2,1-2H3. The third kappa shape index (κ3) is 2.39. The molecule has 1 aliphatic rings. The maximum absolute atomic E-state index is 6.11. The minimum absolute atomic E-state index is 0.344. The van der Waals surface area contributed by atoms with Gasteiger partial charge < -0.3 is 10.6 Å². The van der Waals surface area contributed by atoms with E-state index in [1.54, 1.807) is 0 Å². The Morgan fingerprint density at radius 2 is 2.00 bits per heavy atom. The molecule has 0 radical (unpaired) electrons. The fourth-order valence-corrected chi connectivity index (χ4v) is 2.31. The van der Waals surface area contributed by atoms with Crippen LogP contribution in [0.1, 0.15) is 17.5 Å². The van der Waals surface area contributed by atoms with Crippen molar-refractivity contribution in [3.63, 3.8) is 0 Å². The molecule has 1 aliphatic heterocycles. The maximum atomic E-state index is 6.11. The van der Waals surface area contributed by atoms with Gasteiger partial charge in [0.25, 0.3) is 0 Å².